The number of nitrogens with zero attached hydrogens (tertiary/aromatic N) is 2. The molecule has 168 valence electrons. The molecule has 1 heterocycles. The Kier molecular flexibility index (Phi) is 7.08. The van der Waals surface area contributed by atoms with Gasteiger partial charge in [-0.2, -0.15) is 4.31 Å². The Morgan fingerprint density at radius 2 is 1.22 bits per heavy atom. The monoisotopic (exact) mass is 490 g/mol. The molecule has 0 saturated carbocycles. The van der Waals surface area contributed by atoms with Crippen molar-refractivity contribution in [2.24, 2.45) is 0 Å². The van der Waals surface area contributed by atoms with Crippen LogP contribution in [0, 0.1) is 0 Å². The van der Waals surface area contributed by atoms with Crippen molar-refractivity contribution in [2.75, 3.05) is 33.3 Å². The van der Waals surface area contributed by atoms with Crippen molar-refractivity contribution in [3.8, 4) is 5.75 Å². The van der Waals surface area contributed by atoms with Crippen molar-refractivity contribution in [3.63, 3.8) is 0 Å². The fourth-order valence-corrected chi connectivity index (χ4v) is 5.68. The second-order valence-corrected chi connectivity index (χ2v) is 10.4. The molecule has 0 bridgehead atoms. The molecule has 1 saturated heterocycles. The largest absolute Gasteiger partial charge is 0.497 e. The lowest BCUT2D eigenvalue weighted by molar-refractivity contribution is 0.156. The fourth-order valence-electron chi connectivity index (χ4n) is 4.00. The summed E-state index contributed by atoms with van der Waals surface area (Å²) in [5.74, 6) is 0.627. The van der Waals surface area contributed by atoms with Crippen LogP contribution in [0.2, 0.25) is 10.0 Å². The lowest BCUT2D eigenvalue weighted by atomic mass is 9.96. The van der Waals surface area contributed by atoms with E-state index in [1.54, 1.807) is 35.7 Å². The van der Waals surface area contributed by atoms with Crippen molar-refractivity contribution in [2.45, 2.75) is 10.9 Å². The van der Waals surface area contributed by atoms with Crippen LogP contribution in [0.4, 0.5) is 0 Å². The van der Waals surface area contributed by atoms with Crippen molar-refractivity contribution in [1.29, 1.82) is 0 Å². The van der Waals surface area contributed by atoms with Gasteiger partial charge in [0.1, 0.15) is 5.75 Å². The minimum absolute atomic E-state index is 0.0182. The zero-order valence-electron chi connectivity index (χ0n) is 17.6. The average Bonchev–Trinajstić information content (AvgIpc) is 2.82. The van der Waals surface area contributed by atoms with Crippen LogP contribution in [0.15, 0.2) is 77.7 Å². The third kappa shape index (κ3) is 4.95. The third-order valence-electron chi connectivity index (χ3n) is 5.71. The van der Waals surface area contributed by atoms with E-state index in [0.29, 0.717) is 42.0 Å². The molecule has 0 atom stereocenters. The highest BCUT2D eigenvalue weighted by Gasteiger charge is 2.32. The Labute approximate surface area is 199 Å². The van der Waals surface area contributed by atoms with E-state index in [1.165, 1.54) is 0 Å². The molecule has 3 aromatic carbocycles. The van der Waals surface area contributed by atoms with Crippen LogP contribution in [0.25, 0.3) is 0 Å². The third-order valence-corrected chi connectivity index (χ3v) is 8.12. The summed E-state index contributed by atoms with van der Waals surface area (Å²) in [6, 6.07) is 22.1. The van der Waals surface area contributed by atoms with Crippen LogP contribution in [-0.2, 0) is 10.0 Å². The van der Waals surface area contributed by atoms with Crippen molar-refractivity contribution >= 4 is 33.2 Å². The summed E-state index contributed by atoms with van der Waals surface area (Å²) < 4.78 is 32.9. The number of piperazine rings is 1. The zero-order chi connectivity index (χ0) is 22.7. The minimum Gasteiger partial charge on any atom is -0.497 e. The van der Waals surface area contributed by atoms with Gasteiger partial charge >= 0.3 is 0 Å². The van der Waals surface area contributed by atoms with E-state index >= 15 is 0 Å². The number of hydrogen-bond acceptors (Lipinski definition) is 4. The van der Waals surface area contributed by atoms with Crippen LogP contribution < -0.4 is 4.74 Å². The summed E-state index contributed by atoms with van der Waals surface area (Å²) in [5.41, 5.74) is 2.20. The highest BCUT2D eigenvalue weighted by atomic mass is 35.5. The van der Waals surface area contributed by atoms with Gasteiger partial charge in [-0.1, -0.05) is 47.5 Å². The molecule has 0 aromatic heterocycles. The number of halogens is 2. The predicted molar refractivity (Wildman–Crippen MR) is 128 cm³/mol. The number of benzene rings is 3. The number of sulfonamides is 1. The lowest BCUT2D eigenvalue weighted by Crippen LogP contribution is -2.49. The minimum atomic E-state index is -3.56. The van der Waals surface area contributed by atoms with Gasteiger partial charge in [-0.3, -0.25) is 4.90 Å². The van der Waals surface area contributed by atoms with E-state index < -0.39 is 10.0 Å². The molecule has 8 heteroatoms. The zero-order valence-corrected chi connectivity index (χ0v) is 19.9. The van der Waals surface area contributed by atoms with Crippen LogP contribution in [0.3, 0.4) is 0 Å². The fraction of sp³-hybridized carbons (Fsp3) is 0.250. The summed E-state index contributed by atoms with van der Waals surface area (Å²) in [5, 5.41) is 1.36. The quantitative estimate of drug-likeness (QED) is 0.482. The summed E-state index contributed by atoms with van der Waals surface area (Å²) in [6.45, 7) is 2.02. The Morgan fingerprint density at radius 1 is 0.750 bits per heavy atom. The first-order valence-corrected chi connectivity index (χ1v) is 12.5. The molecule has 4 rings (SSSR count). The van der Waals surface area contributed by atoms with Gasteiger partial charge in [0.2, 0.25) is 10.0 Å². The smallest absolute Gasteiger partial charge is 0.243 e. The van der Waals surface area contributed by atoms with E-state index in [2.05, 4.69) is 4.90 Å². The average molecular weight is 491 g/mol. The first-order chi connectivity index (χ1) is 15.4. The molecule has 0 N–H and O–H groups in total. The van der Waals surface area contributed by atoms with Gasteiger partial charge < -0.3 is 4.74 Å². The van der Waals surface area contributed by atoms with Gasteiger partial charge in [-0.25, -0.2) is 8.42 Å². The van der Waals surface area contributed by atoms with Gasteiger partial charge in [0.15, 0.2) is 0 Å². The number of methoxy groups -OCH3 is 1. The second-order valence-electron chi connectivity index (χ2n) is 7.62. The standard InChI is InChI=1S/C24H24Cl2N2O3S/c1-31-22-10-12-23(13-11-22)32(29,30)28-16-14-27(15-17-28)24(18-2-6-20(25)7-3-18)19-4-8-21(26)9-5-19/h2-13,24H,14-17H2,1H3. The molecule has 5 nitrogen and oxygen atoms in total. The Morgan fingerprint density at radius 3 is 1.66 bits per heavy atom. The highest BCUT2D eigenvalue weighted by Crippen LogP contribution is 2.32. The second kappa shape index (κ2) is 9.81. The maximum absolute atomic E-state index is 13.1. The Hall–Kier alpha value is -2.09. The SMILES string of the molecule is COc1ccc(S(=O)(=O)N2CCN(C(c3ccc(Cl)cc3)c3ccc(Cl)cc3)CC2)cc1. The van der Waals surface area contributed by atoms with Crippen molar-refractivity contribution in [1.82, 2.24) is 9.21 Å². The molecule has 1 aliphatic rings. The normalized spacial score (nSPS) is 15.8. The van der Waals surface area contributed by atoms with Crippen LogP contribution in [0.1, 0.15) is 17.2 Å². The van der Waals surface area contributed by atoms with Crippen LogP contribution in [0.5, 0.6) is 5.75 Å². The molecular weight excluding hydrogens is 467 g/mol. The summed E-state index contributed by atoms with van der Waals surface area (Å²) >= 11 is 12.2. The maximum atomic E-state index is 13.1. The van der Waals surface area contributed by atoms with Crippen molar-refractivity contribution < 1.29 is 13.2 Å². The first-order valence-electron chi connectivity index (χ1n) is 10.3. The van der Waals surface area contributed by atoms with Gasteiger partial charge in [0, 0.05) is 36.2 Å². The summed E-state index contributed by atoms with van der Waals surface area (Å²) in [7, 11) is -2.00. The number of hydrogen-bond donors (Lipinski definition) is 0. The molecule has 1 aliphatic heterocycles. The van der Waals surface area contributed by atoms with Gasteiger partial charge in [-0.05, 0) is 59.7 Å². The maximum Gasteiger partial charge on any atom is 0.243 e. The molecule has 0 aliphatic carbocycles. The highest BCUT2D eigenvalue weighted by molar-refractivity contribution is 7.89. The van der Waals surface area contributed by atoms with E-state index in [4.69, 9.17) is 27.9 Å². The van der Waals surface area contributed by atoms with Crippen LogP contribution in [-0.4, -0.2) is 50.9 Å². The van der Waals surface area contributed by atoms with Gasteiger partial charge in [0.25, 0.3) is 0 Å². The van der Waals surface area contributed by atoms with Gasteiger partial charge in [-0.15, -0.1) is 0 Å². The van der Waals surface area contributed by atoms with E-state index in [9.17, 15) is 8.42 Å². The van der Waals surface area contributed by atoms with Crippen molar-refractivity contribution in [3.05, 3.63) is 94.0 Å². The molecule has 0 amide bonds. The van der Waals surface area contributed by atoms with E-state index in [1.807, 2.05) is 48.5 Å². The molecule has 32 heavy (non-hydrogen) atoms. The molecule has 0 unspecified atom stereocenters. The topological polar surface area (TPSA) is 49.9 Å². The number of ether oxygens (including phenoxy) is 1. The van der Waals surface area contributed by atoms with E-state index in [0.717, 1.165) is 11.1 Å². The summed E-state index contributed by atoms with van der Waals surface area (Å²) in [6.07, 6.45) is 0. The van der Waals surface area contributed by atoms with Crippen LogP contribution >= 0.6 is 23.2 Å². The molecule has 1 fully saturated rings. The number of rotatable bonds is 6. The van der Waals surface area contributed by atoms with E-state index in [-0.39, 0.29) is 10.9 Å². The molecule has 0 spiro atoms. The van der Waals surface area contributed by atoms with Gasteiger partial charge in [0.05, 0.1) is 18.0 Å². The molecular formula is C24H24Cl2N2O3S. The first kappa shape index (κ1) is 23.1. The lowest BCUT2D eigenvalue weighted by Gasteiger charge is -2.39. The molecule has 3 aromatic rings. The summed E-state index contributed by atoms with van der Waals surface area (Å²) in [4.78, 5) is 2.57. The Balaban J connectivity index is 1.55. The predicted octanol–water partition coefficient (Wildman–Crippen LogP) is 5.10. The Bertz CT molecular complexity index is 1100. The molecule has 0 radical (unpaired) electrons.